The van der Waals surface area contributed by atoms with E-state index in [1.165, 1.54) is 33.8 Å². The van der Waals surface area contributed by atoms with Gasteiger partial charge >= 0.3 is 0 Å². The predicted molar refractivity (Wildman–Crippen MR) is 125 cm³/mol. The summed E-state index contributed by atoms with van der Waals surface area (Å²) in [4.78, 5) is 13.5. The molecule has 0 atom stereocenters. The lowest BCUT2D eigenvalue weighted by Crippen LogP contribution is -2.30. The minimum atomic E-state index is -0.513. The van der Waals surface area contributed by atoms with Crippen LogP contribution in [-0.4, -0.2) is 38.8 Å². The Morgan fingerprint density at radius 1 is 0.875 bits per heavy atom. The highest BCUT2D eigenvalue weighted by atomic mass is 15.4. The Labute approximate surface area is 187 Å². The molecule has 0 spiro atoms. The number of nitrogens with zero attached hydrogens (tertiary/aromatic N) is 5. The van der Waals surface area contributed by atoms with Gasteiger partial charge in [0.2, 0.25) is 0 Å². The molecule has 0 saturated carbocycles. The molecule has 158 valence electrons. The summed E-state index contributed by atoms with van der Waals surface area (Å²) in [6.07, 6.45) is 9.47. The molecule has 0 radical (unpaired) electrons. The van der Waals surface area contributed by atoms with Crippen molar-refractivity contribution < 1.29 is 0 Å². The maximum Gasteiger partial charge on any atom is 0.0943 e. The number of benzene rings is 1. The Bertz CT molecular complexity index is 1310. The molecule has 2 aliphatic rings. The van der Waals surface area contributed by atoms with Crippen LogP contribution >= 0.6 is 0 Å². The number of fused-ring (bicyclic) bond motifs is 3. The monoisotopic (exact) mass is 420 g/mol. The van der Waals surface area contributed by atoms with Crippen molar-refractivity contribution in [2.75, 3.05) is 18.6 Å². The summed E-state index contributed by atoms with van der Waals surface area (Å²) in [7, 11) is 2.14. The zero-order valence-corrected chi connectivity index (χ0v) is 18.4. The van der Waals surface area contributed by atoms with E-state index in [0.717, 1.165) is 23.5 Å². The SMILES string of the molecule is CC1=C(C)N(c2cccc(C3(c4ccn[nH]4)c4ccncc4-c4cnccc43)c2)CN1C. The van der Waals surface area contributed by atoms with Crippen molar-refractivity contribution in [3.63, 3.8) is 0 Å². The fourth-order valence-electron chi connectivity index (χ4n) is 5.32. The Morgan fingerprint density at radius 2 is 1.59 bits per heavy atom. The molecule has 3 aromatic heterocycles. The van der Waals surface area contributed by atoms with Crippen LogP contribution in [0.3, 0.4) is 0 Å². The van der Waals surface area contributed by atoms with Gasteiger partial charge in [-0.05, 0) is 60.9 Å². The third-order valence-corrected chi connectivity index (χ3v) is 7.09. The highest BCUT2D eigenvalue weighted by Gasteiger charge is 2.47. The van der Waals surface area contributed by atoms with Crippen LogP contribution in [0.25, 0.3) is 11.1 Å². The first-order valence-electron chi connectivity index (χ1n) is 10.8. The largest absolute Gasteiger partial charge is 0.359 e. The summed E-state index contributed by atoms with van der Waals surface area (Å²) in [5.74, 6) is 0. The average molecular weight is 421 g/mol. The van der Waals surface area contributed by atoms with Gasteiger partial charge in [0, 0.05) is 66.2 Å². The topological polar surface area (TPSA) is 60.9 Å². The van der Waals surface area contributed by atoms with Gasteiger partial charge in [-0.15, -0.1) is 0 Å². The van der Waals surface area contributed by atoms with Crippen LogP contribution in [-0.2, 0) is 5.41 Å². The van der Waals surface area contributed by atoms with Crippen LogP contribution < -0.4 is 4.90 Å². The van der Waals surface area contributed by atoms with Crippen LogP contribution in [0.15, 0.2) is 84.8 Å². The molecule has 1 N–H and O–H groups in total. The first-order valence-corrected chi connectivity index (χ1v) is 10.8. The summed E-state index contributed by atoms with van der Waals surface area (Å²) < 4.78 is 0. The lowest BCUT2D eigenvalue weighted by molar-refractivity contribution is 0.460. The molecule has 0 amide bonds. The maximum atomic E-state index is 4.43. The lowest BCUT2D eigenvalue weighted by atomic mass is 9.70. The van der Waals surface area contributed by atoms with E-state index >= 15 is 0 Å². The number of pyridine rings is 2. The molecule has 32 heavy (non-hydrogen) atoms. The molecule has 0 bridgehead atoms. The van der Waals surface area contributed by atoms with Gasteiger partial charge in [-0.1, -0.05) is 12.1 Å². The molecule has 0 saturated heterocycles. The lowest BCUT2D eigenvalue weighted by Gasteiger charge is -2.33. The first kappa shape index (κ1) is 18.8. The van der Waals surface area contributed by atoms with Gasteiger partial charge in [-0.2, -0.15) is 5.10 Å². The van der Waals surface area contributed by atoms with Crippen molar-refractivity contribution in [3.05, 3.63) is 107 Å². The number of allylic oxidation sites excluding steroid dienone is 2. The fraction of sp³-hybridized carbons (Fsp3) is 0.192. The van der Waals surface area contributed by atoms with Crippen LogP contribution in [0, 0.1) is 0 Å². The summed E-state index contributed by atoms with van der Waals surface area (Å²) in [5.41, 5.74) is 10.1. The molecule has 1 aliphatic carbocycles. The average Bonchev–Trinajstić information content (AvgIpc) is 3.53. The van der Waals surface area contributed by atoms with Crippen molar-refractivity contribution in [1.82, 2.24) is 25.1 Å². The van der Waals surface area contributed by atoms with Crippen molar-refractivity contribution in [2.24, 2.45) is 0 Å². The number of hydrogen-bond donors (Lipinski definition) is 1. The van der Waals surface area contributed by atoms with Crippen LogP contribution in [0.2, 0.25) is 0 Å². The van der Waals surface area contributed by atoms with Crippen molar-refractivity contribution in [1.29, 1.82) is 0 Å². The molecule has 4 aromatic rings. The first-order chi connectivity index (χ1) is 15.6. The van der Waals surface area contributed by atoms with Crippen molar-refractivity contribution >= 4 is 5.69 Å². The van der Waals surface area contributed by atoms with Gasteiger partial charge in [0.15, 0.2) is 0 Å². The summed E-state index contributed by atoms with van der Waals surface area (Å²) in [6, 6.07) is 15.2. The van der Waals surface area contributed by atoms with E-state index in [9.17, 15) is 0 Å². The van der Waals surface area contributed by atoms with Gasteiger partial charge in [0.1, 0.15) is 0 Å². The number of aromatic amines is 1. The van der Waals surface area contributed by atoms with Gasteiger partial charge < -0.3 is 9.80 Å². The van der Waals surface area contributed by atoms with E-state index in [1.807, 2.05) is 31.0 Å². The summed E-state index contributed by atoms with van der Waals surface area (Å²) in [5, 5.41) is 7.62. The number of hydrogen-bond acceptors (Lipinski definition) is 5. The van der Waals surface area contributed by atoms with E-state index < -0.39 is 5.41 Å². The van der Waals surface area contributed by atoms with E-state index in [2.05, 4.69) is 93.3 Å². The van der Waals surface area contributed by atoms with Crippen LogP contribution in [0.5, 0.6) is 0 Å². The van der Waals surface area contributed by atoms with E-state index in [4.69, 9.17) is 0 Å². The molecular formula is C26H24N6. The standard InChI is InChI=1S/C26H24N6/c1-17-18(2)32(16-31(17)3)20-6-4-5-19(13-20)26(25-9-12-29-30-25)23-7-10-27-14-21(23)22-15-28-11-8-24(22)26/h4-15H,16H2,1-3H3,(H,29,30). The van der Waals surface area contributed by atoms with Gasteiger partial charge in [-0.3, -0.25) is 15.1 Å². The zero-order valence-electron chi connectivity index (χ0n) is 18.4. The minimum absolute atomic E-state index is 0.513. The Balaban J connectivity index is 1.64. The third-order valence-electron chi connectivity index (χ3n) is 7.09. The number of aromatic nitrogens is 4. The Hall–Kier alpha value is -3.93. The fourth-order valence-corrected chi connectivity index (χ4v) is 5.32. The molecule has 4 heterocycles. The van der Waals surface area contributed by atoms with Crippen molar-refractivity contribution in [2.45, 2.75) is 19.3 Å². The van der Waals surface area contributed by atoms with E-state index in [0.29, 0.717) is 0 Å². The molecule has 1 aliphatic heterocycles. The number of anilines is 1. The van der Waals surface area contributed by atoms with Gasteiger partial charge in [0.25, 0.3) is 0 Å². The van der Waals surface area contributed by atoms with Crippen LogP contribution in [0.1, 0.15) is 36.2 Å². The quantitative estimate of drug-likeness (QED) is 0.465. The van der Waals surface area contributed by atoms with E-state index in [1.54, 1.807) is 0 Å². The molecule has 0 unspecified atom stereocenters. The number of H-pyrrole nitrogens is 1. The predicted octanol–water partition coefficient (Wildman–Crippen LogP) is 4.52. The molecule has 6 nitrogen and oxygen atoms in total. The second-order valence-electron chi connectivity index (χ2n) is 8.55. The molecule has 1 aromatic carbocycles. The minimum Gasteiger partial charge on any atom is -0.359 e. The second kappa shape index (κ2) is 6.79. The number of nitrogens with one attached hydrogen (secondary N) is 1. The summed E-state index contributed by atoms with van der Waals surface area (Å²) >= 11 is 0. The smallest absolute Gasteiger partial charge is 0.0943 e. The molecule has 0 fully saturated rings. The second-order valence-corrected chi connectivity index (χ2v) is 8.55. The zero-order chi connectivity index (χ0) is 21.9. The highest BCUT2D eigenvalue weighted by molar-refractivity contribution is 5.85. The van der Waals surface area contributed by atoms with Gasteiger partial charge in [-0.25, -0.2) is 0 Å². The normalized spacial score (nSPS) is 16.5. The van der Waals surface area contributed by atoms with E-state index in [-0.39, 0.29) is 0 Å². The highest BCUT2D eigenvalue weighted by Crippen LogP contribution is 2.55. The molecule has 6 rings (SSSR count). The number of rotatable bonds is 3. The third kappa shape index (κ3) is 2.37. The summed E-state index contributed by atoms with van der Waals surface area (Å²) in [6.45, 7) is 5.21. The van der Waals surface area contributed by atoms with Crippen molar-refractivity contribution in [3.8, 4) is 11.1 Å². The molecule has 6 heteroatoms. The van der Waals surface area contributed by atoms with Gasteiger partial charge in [0.05, 0.1) is 17.8 Å². The Kier molecular flexibility index (Phi) is 3.99. The maximum absolute atomic E-state index is 4.43. The Morgan fingerprint density at radius 3 is 2.19 bits per heavy atom. The molecular weight excluding hydrogens is 396 g/mol. The van der Waals surface area contributed by atoms with Crippen LogP contribution in [0.4, 0.5) is 5.69 Å².